The molecule has 1 N–H and O–H groups in total. The van der Waals surface area contributed by atoms with Gasteiger partial charge in [0, 0.05) is 49.4 Å². The average molecular weight is 374 g/mol. The number of H-pyrrole nitrogens is 1. The van der Waals surface area contributed by atoms with E-state index in [0.29, 0.717) is 24.3 Å². The number of hydrogen-bond donors (Lipinski definition) is 1. The minimum Gasteiger partial charge on any atom is -0.342 e. The monoisotopic (exact) mass is 374 g/mol. The Hall–Kier alpha value is -2.28. The first kappa shape index (κ1) is 18.1. The predicted octanol–water partition coefficient (Wildman–Crippen LogP) is 3.12. The lowest BCUT2D eigenvalue weighted by Gasteiger charge is -2.29. The molecule has 1 fully saturated rings. The van der Waals surface area contributed by atoms with Crippen molar-refractivity contribution in [1.29, 1.82) is 0 Å². The second kappa shape index (κ2) is 7.76. The van der Waals surface area contributed by atoms with Crippen LogP contribution in [0.3, 0.4) is 0 Å². The van der Waals surface area contributed by atoms with Crippen molar-refractivity contribution in [1.82, 2.24) is 20.0 Å². The van der Waals surface area contributed by atoms with Crippen LogP contribution in [-0.4, -0.2) is 52.1 Å². The highest BCUT2D eigenvalue weighted by Gasteiger charge is 2.26. The number of likely N-dealkylation sites (tertiary alicyclic amines) is 1. The molecular formula is C20H24F2N4O. The third kappa shape index (κ3) is 3.88. The van der Waals surface area contributed by atoms with Crippen LogP contribution in [0, 0.1) is 11.6 Å². The first-order chi connectivity index (χ1) is 13.1. The van der Waals surface area contributed by atoms with Gasteiger partial charge in [0.25, 0.3) is 0 Å². The number of nitrogens with zero attached hydrogens (tertiary/aromatic N) is 3. The van der Waals surface area contributed by atoms with Gasteiger partial charge in [0.15, 0.2) is 11.6 Å². The van der Waals surface area contributed by atoms with Crippen LogP contribution in [0.4, 0.5) is 8.78 Å². The first-order valence-electron chi connectivity index (χ1n) is 9.63. The Morgan fingerprint density at radius 3 is 2.59 bits per heavy atom. The zero-order chi connectivity index (χ0) is 18.8. The van der Waals surface area contributed by atoms with E-state index in [1.165, 1.54) is 25.0 Å². The minimum atomic E-state index is -0.881. The number of aromatic amines is 1. The lowest BCUT2D eigenvalue weighted by atomic mass is 10.0. The molecular weight excluding hydrogens is 350 g/mol. The smallest absolute Gasteiger partial charge is 0.236 e. The van der Waals surface area contributed by atoms with Gasteiger partial charge in [0.05, 0.1) is 12.2 Å². The van der Waals surface area contributed by atoms with Crippen molar-refractivity contribution in [2.24, 2.45) is 0 Å². The second-order valence-corrected chi connectivity index (χ2v) is 7.41. The van der Waals surface area contributed by atoms with E-state index in [1.807, 2.05) is 4.90 Å². The summed E-state index contributed by atoms with van der Waals surface area (Å²) < 4.78 is 26.9. The van der Waals surface area contributed by atoms with Gasteiger partial charge in [-0.25, -0.2) is 8.78 Å². The Kier molecular flexibility index (Phi) is 5.20. The molecule has 0 spiro atoms. The van der Waals surface area contributed by atoms with Crippen LogP contribution in [0.1, 0.15) is 36.9 Å². The van der Waals surface area contributed by atoms with Crippen LogP contribution < -0.4 is 0 Å². The summed E-state index contributed by atoms with van der Waals surface area (Å²) in [5.74, 6) is -1.57. The van der Waals surface area contributed by atoms with Crippen molar-refractivity contribution < 1.29 is 13.6 Å². The fraction of sp³-hybridized carbons (Fsp3) is 0.500. The van der Waals surface area contributed by atoms with Crippen LogP contribution in [0.2, 0.25) is 0 Å². The van der Waals surface area contributed by atoms with Gasteiger partial charge in [-0.1, -0.05) is 12.8 Å². The lowest BCUT2D eigenvalue weighted by Crippen LogP contribution is -2.42. The average Bonchev–Trinajstić information content (AvgIpc) is 2.88. The molecule has 27 heavy (non-hydrogen) atoms. The van der Waals surface area contributed by atoms with Gasteiger partial charge in [0.1, 0.15) is 0 Å². The SMILES string of the molecule is O=C(CN1CCc2[nH]nc(-c3ccc(F)c(F)c3)c2C1)N1CCCCCC1. The maximum absolute atomic E-state index is 13.6. The summed E-state index contributed by atoms with van der Waals surface area (Å²) in [7, 11) is 0. The summed E-state index contributed by atoms with van der Waals surface area (Å²) in [5.41, 5.74) is 3.16. The summed E-state index contributed by atoms with van der Waals surface area (Å²) in [4.78, 5) is 16.8. The topological polar surface area (TPSA) is 52.2 Å². The molecule has 1 aromatic heterocycles. The molecule has 5 nitrogen and oxygen atoms in total. The summed E-state index contributed by atoms with van der Waals surface area (Å²) in [6.07, 6.45) is 5.32. The van der Waals surface area contributed by atoms with Crippen molar-refractivity contribution in [2.45, 2.75) is 38.6 Å². The van der Waals surface area contributed by atoms with Gasteiger partial charge >= 0.3 is 0 Å². The van der Waals surface area contributed by atoms with E-state index in [9.17, 15) is 13.6 Å². The largest absolute Gasteiger partial charge is 0.342 e. The molecule has 0 bridgehead atoms. The predicted molar refractivity (Wildman–Crippen MR) is 98.0 cm³/mol. The van der Waals surface area contributed by atoms with E-state index in [1.54, 1.807) is 0 Å². The summed E-state index contributed by atoms with van der Waals surface area (Å²) in [5, 5.41) is 7.33. The molecule has 0 saturated carbocycles. The van der Waals surface area contributed by atoms with Gasteiger partial charge in [-0.05, 0) is 31.0 Å². The van der Waals surface area contributed by atoms with Crippen LogP contribution in [0.25, 0.3) is 11.3 Å². The van der Waals surface area contributed by atoms with Gasteiger partial charge < -0.3 is 4.90 Å². The number of carbonyl (C=O) groups is 1. The maximum atomic E-state index is 13.6. The summed E-state index contributed by atoms with van der Waals surface area (Å²) >= 11 is 0. The molecule has 0 atom stereocenters. The molecule has 144 valence electrons. The van der Waals surface area contributed by atoms with E-state index in [4.69, 9.17) is 0 Å². The molecule has 2 aliphatic heterocycles. The molecule has 1 saturated heterocycles. The fourth-order valence-electron chi connectivity index (χ4n) is 3.98. The van der Waals surface area contributed by atoms with Crippen molar-refractivity contribution >= 4 is 5.91 Å². The maximum Gasteiger partial charge on any atom is 0.236 e. The third-order valence-electron chi connectivity index (χ3n) is 5.52. The normalized spacial score (nSPS) is 18.2. The molecule has 1 aromatic carbocycles. The number of rotatable bonds is 3. The summed E-state index contributed by atoms with van der Waals surface area (Å²) in [6, 6.07) is 3.83. The fourth-order valence-corrected chi connectivity index (χ4v) is 3.98. The number of benzene rings is 1. The number of halogens is 2. The zero-order valence-electron chi connectivity index (χ0n) is 15.3. The molecule has 1 amide bonds. The molecule has 0 radical (unpaired) electrons. The number of fused-ring (bicyclic) bond motifs is 1. The highest BCUT2D eigenvalue weighted by Crippen LogP contribution is 2.29. The van der Waals surface area contributed by atoms with E-state index in [0.717, 1.165) is 56.2 Å². The Balaban J connectivity index is 1.48. The quantitative estimate of drug-likeness (QED) is 0.898. The number of amides is 1. The van der Waals surface area contributed by atoms with Crippen LogP contribution in [-0.2, 0) is 17.8 Å². The molecule has 0 unspecified atom stereocenters. The Labute approximate surface area is 157 Å². The van der Waals surface area contributed by atoms with Gasteiger partial charge in [-0.3, -0.25) is 14.8 Å². The Morgan fingerprint density at radius 2 is 1.85 bits per heavy atom. The van der Waals surface area contributed by atoms with E-state index in [2.05, 4.69) is 15.1 Å². The van der Waals surface area contributed by atoms with Crippen molar-refractivity contribution in [2.75, 3.05) is 26.2 Å². The molecule has 2 aromatic rings. The second-order valence-electron chi connectivity index (χ2n) is 7.41. The van der Waals surface area contributed by atoms with Gasteiger partial charge in [0.2, 0.25) is 5.91 Å². The van der Waals surface area contributed by atoms with Gasteiger partial charge in [-0.15, -0.1) is 0 Å². The molecule has 2 aliphatic rings. The molecule has 3 heterocycles. The number of nitrogens with one attached hydrogen (secondary N) is 1. The van der Waals surface area contributed by atoms with E-state index >= 15 is 0 Å². The first-order valence-corrected chi connectivity index (χ1v) is 9.63. The highest BCUT2D eigenvalue weighted by atomic mass is 19.2. The Bertz CT molecular complexity index is 827. The molecule has 0 aliphatic carbocycles. The van der Waals surface area contributed by atoms with Crippen LogP contribution >= 0.6 is 0 Å². The standard InChI is InChI=1S/C20H24F2N4O/c21-16-6-5-14(11-17(16)22)20-15-12-25(10-7-18(15)23-24-20)13-19(27)26-8-3-1-2-4-9-26/h5-6,11H,1-4,7-10,12-13H2,(H,23,24). The third-order valence-corrected chi connectivity index (χ3v) is 5.52. The van der Waals surface area contributed by atoms with Gasteiger partial charge in [-0.2, -0.15) is 5.10 Å². The van der Waals surface area contributed by atoms with E-state index in [-0.39, 0.29) is 5.91 Å². The van der Waals surface area contributed by atoms with Crippen LogP contribution in [0.15, 0.2) is 18.2 Å². The number of aromatic nitrogens is 2. The zero-order valence-corrected chi connectivity index (χ0v) is 15.3. The van der Waals surface area contributed by atoms with Crippen molar-refractivity contribution in [3.05, 3.63) is 41.1 Å². The van der Waals surface area contributed by atoms with Crippen molar-refractivity contribution in [3.63, 3.8) is 0 Å². The lowest BCUT2D eigenvalue weighted by molar-refractivity contribution is -0.132. The molecule has 4 rings (SSSR count). The number of hydrogen-bond acceptors (Lipinski definition) is 3. The van der Waals surface area contributed by atoms with Crippen molar-refractivity contribution in [3.8, 4) is 11.3 Å². The highest BCUT2D eigenvalue weighted by molar-refractivity contribution is 5.78. The molecule has 7 heteroatoms. The number of carbonyl (C=O) groups excluding carboxylic acids is 1. The summed E-state index contributed by atoms with van der Waals surface area (Å²) in [6.45, 7) is 3.46. The minimum absolute atomic E-state index is 0.179. The van der Waals surface area contributed by atoms with E-state index < -0.39 is 11.6 Å². The van der Waals surface area contributed by atoms with Crippen LogP contribution in [0.5, 0.6) is 0 Å². The Morgan fingerprint density at radius 1 is 1.07 bits per heavy atom.